The third kappa shape index (κ3) is 6.81. The van der Waals surface area contributed by atoms with Crippen molar-refractivity contribution >= 4 is 25.3 Å². The van der Waals surface area contributed by atoms with Crippen LogP contribution in [0.3, 0.4) is 0 Å². The van der Waals surface area contributed by atoms with Gasteiger partial charge in [-0.25, -0.2) is 19.7 Å². The van der Waals surface area contributed by atoms with Gasteiger partial charge in [-0.1, -0.05) is 41.5 Å². The molecule has 3 aromatic heterocycles. The predicted molar refractivity (Wildman–Crippen MR) is 196 cm³/mol. The van der Waals surface area contributed by atoms with Gasteiger partial charge >= 0.3 is 5.69 Å². The molecule has 17 heteroatoms. The average Bonchev–Trinajstić information content (AvgIpc) is 3.83. The number of aromatic nitrogens is 6. The third-order valence-corrected chi connectivity index (χ3v) is 17.4. The van der Waals surface area contributed by atoms with Crippen molar-refractivity contribution in [3.05, 3.63) is 45.3 Å². The van der Waals surface area contributed by atoms with E-state index in [0.717, 1.165) is 0 Å². The molecule has 4 aliphatic rings. The Labute approximate surface area is 310 Å². The Bertz CT molecular complexity index is 1900. The molecule has 53 heavy (non-hydrogen) atoms. The number of nitrogens with zero attached hydrogens (tertiary/aromatic N) is 5. The minimum absolute atomic E-state index is 0.268. The summed E-state index contributed by atoms with van der Waals surface area (Å²) in [5.74, 6) is -0.737. The second-order valence-corrected chi connectivity index (χ2v) is 22.1. The Kier molecular flexibility index (Phi) is 10.0. The van der Waals surface area contributed by atoms with Crippen LogP contribution >= 0.6 is 0 Å². The molecule has 16 nitrogen and oxygen atoms in total. The highest BCUT2D eigenvalue weighted by Crippen LogP contribution is 2.48. The molecule has 4 aliphatic heterocycles. The standard InChI is InChI=1S/C36H55N7O9Si/c1-18(2)53(19(3)4,20(5)6)46-16-22-27-29(52-36(9,10)50-27)33(48-22)43-23(40-25-30(37)38-17-39-31(25)43)13-11-12-21-26-28(51-35(7,8)49-26)32(47-21)42-15-14-24(44)41-34(42)45/h14-15,17-22,26-29,32-33H,11-13,16H2,1-10H3,(H2,37,38,39)(H,41,44,45)/t21-,22-,26-,27-,28-,29-,32-,33-/m1/s1. The molecule has 0 radical (unpaired) electrons. The van der Waals surface area contributed by atoms with Crippen LogP contribution in [-0.2, 0) is 39.3 Å². The van der Waals surface area contributed by atoms with Gasteiger partial charge in [0.2, 0.25) is 0 Å². The number of aryl methyl sites for hydroxylation is 1. The van der Waals surface area contributed by atoms with Crippen LogP contribution < -0.4 is 17.0 Å². The molecule has 3 N–H and O–H groups in total. The van der Waals surface area contributed by atoms with Crippen LogP contribution in [0.15, 0.2) is 28.2 Å². The number of hydrogen-bond acceptors (Lipinski definition) is 13. The van der Waals surface area contributed by atoms with Gasteiger partial charge in [0.05, 0.1) is 12.7 Å². The molecule has 0 amide bonds. The van der Waals surface area contributed by atoms with E-state index in [1.807, 2.05) is 32.3 Å². The van der Waals surface area contributed by atoms with E-state index in [1.165, 1.54) is 23.2 Å². The Balaban J connectivity index is 1.15. The Morgan fingerprint density at radius 1 is 0.868 bits per heavy atom. The molecular weight excluding hydrogens is 703 g/mol. The van der Waals surface area contributed by atoms with Crippen LogP contribution in [0.25, 0.3) is 11.2 Å². The second kappa shape index (κ2) is 13.9. The predicted octanol–water partition coefficient (Wildman–Crippen LogP) is 4.31. The van der Waals surface area contributed by atoms with E-state index < -0.39 is 68.0 Å². The van der Waals surface area contributed by atoms with Crippen molar-refractivity contribution in [3.8, 4) is 0 Å². The lowest BCUT2D eigenvalue weighted by atomic mass is 10.0. The molecule has 0 aliphatic carbocycles. The lowest BCUT2D eigenvalue weighted by Crippen LogP contribution is -2.50. The fraction of sp³-hybridized carbons (Fsp3) is 0.750. The maximum absolute atomic E-state index is 12.7. The molecule has 0 unspecified atom stereocenters. The molecule has 0 spiro atoms. The van der Waals surface area contributed by atoms with Crippen molar-refractivity contribution in [2.75, 3.05) is 12.3 Å². The number of hydrogen-bond donors (Lipinski definition) is 2. The number of nitrogens with one attached hydrogen (secondary N) is 1. The van der Waals surface area contributed by atoms with Gasteiger partial charge in [0, 0.05) is 18.7 Å². The van der Waals surface area contributed by atoms with Crippen molar-refractivity contribution in [2.24, 2.45) is 0 Å². The number of imidazole rings is 1. The number of nitrogens with two attached hydrogens (primary N) is 1. The highest BCUT2D eigenvalue weighted by molar-refractivity contribution is 6.77. The molecule has 0 aromatic carbocycles. The summed E-state index contributed by atoms with van der Waals surface area (Å²) in [5, 5.41) is 0. The first kappa shape index (κ1) is 38.2. The summed E-state index contributed by atoms with van der Waals surface area (Å²) in [6.45, 7) is 21.5. The van der Waals surface area contributed by atoms with Crippen molar-refractivity contribution in [1.82, 2.24) is 29.1 Å². The van der Waals surface area contributed by atoms with E-state index in [0.29, 0.717) is 59.5 Å². The van der Waals surface area contributed by atoms with Gasteiger partial charge in [-0.3, -0.25) is 18.9 Å². The summed E-state index contributed by atoms with van der Waals surface area (Å²) in [7, 11) is -2.20. The lowest BCUT2D eigenvalue weighted by Gasteiger charge is -2.43. The van der Waals surface area contributed by atoms with Crippen LogP contribution in [0.4, 0.5) is 5.82 Å². The maximum atomic E-state index is 12.7. The fourth-order valence-electron chi connectivity index (χ4n) is 9.35. The van der Waals surface area contributed by atoms with E-state index >= 15 is 0 Å². The first-order valence-electron chi connectivity index (χ1n) is 18.9. The smallest absolute Gasteiger partial charge is 0.330 e. The summed E-state index contributed by atoms with van der Waals surface area (Å²) in [6.07, 6.45) is 0.558. The third-order valence-electron chi connectivity index (χ3n) is 11.3. The first-order valence-corrected chi connectivity index (χ1v) is 21.0. The molecule has 0 bridgehead atoms. The van der Waals surface area contributed by atoms with E-state index in [9.17, 15) is 9.59 Å². The Hall–Kier alpha value is -3.03. The summed E-state index contributed by atoms with van der Waals surface area (Å²) in [6, 6.07) is 1.29. The minimum Gasteiger partial charge on any atom is -0.413 e. The molecule has 292 valence electrons. The zero-order chi connectivity index (χ0) is 38.2. The van der Waals surface area contributed by atoms with Gasteiger partial charge in [-0.05, 0) is 57.2 Å². The number of fused-ring (bicyclic) bond motifs is 3. The molecular formula is C36H55N7O9Si. The first-order chi connectivity index (χ1) is 24.9. The number of aromatic amines is 1. The largest absolute Gasteiger partial charge is 0.413 e. The van der Waals surface area contributed by atoms with Gasteiger partial charge in [-0.2, -0.15) is 0 Å². The zero-order valence-corrected chi connectivity index (χ0v) is 33.4. The van der Waals surface area contributed by atoms with Gasteiger partial charge in [-0.15, -0.1) is 0 Å². The number of anilines is 1. The van der Waals surface area contributed by atoms with Crippen LogP contribution in [0.2, 0.25) is 16.6 Å². The molecule has 4 saturated heterocycles. The molecule has 7 heterocycles. The van der Waals surface area contributed by atoms with Crippen molar-refractivity contribution in [2.45, 2.75) is 166 Å². The lowest BCUT2D eigenvalue weighted by molar-refractivity contribution is -0.199. The van der Waals surface area contributed by atoms with E-state index in [4.69, 9.17) is 43.6 Å². The maximum Gasteiger partial charge on any atom is 0.330 e. The average molecular weight is 758 g/mol. The van der Waals surface area contributed by atoms with Crippen molar-refractivity contribution in [1.29, 1.82) is 0 Å². The quantitative estimate of drug-likeness (QED) is 0.249. The van der Waals surface area contributed by atoms with E-state index in [-0.39, 0.29) is 18.0 Å². The number of H-pyrrole nitrogens is 1. The van der Waals surface area contributed by atoms with E-state index in [1.54, 1.807) is 0 Å². The zero-order valence-electron chi connectivity index (χ0n) is 32.4. The molecule has 7 rings (SSSR count). The van der Waals surface area contributed by atoms with Crippen molar-refractivity contribution in [3.63, 3.8) is 0 Å². The van der Waals surface area contributed by atoms with Gasteiger partial charge in [0.25, 0.3) is 5.56 Å². The van der Waals surface area contributed by atoms with Crippen LogP contribution in [0.1, 0.15) is 100 Å². The molecule has 8 atom stereocenters. The highest BCUT2D eigenvalue weighted by atomic mass is 28.4. The topological polar surface area (TPSA) is 189 Å². The summed E-state index contributed by atoms with van der Waals surface area (Å²) in [4.78, 5) is 40.6. The molecule has 0 saturated carbocycles. The van der Waals surface area contributed by atoms with Crippen LogP contribution in [0, 0.1) is 0 Å². The number of rotatable bonds is 12. The normalized spacial score (nSPS) is 30.7. The summed E-state index contributed by atoms with van der Waals surface area (Å²) < 4.78 is 49.2. The molecule has 4 fully saturated rings. The van der Waals surface area contributed by atoms with Gasteiger partial charge in [0.1, 0.15) is 42.7 Å². The Morgan fingerprint density at radius 3 is 2.08 bits per heavy atom. The summed E-state index contributed by atoms with van der Waals surface area (Å²) >= 11 is 0. The van der Waals surface area contributed by atoms with Gasteiger partial charge in [0.15, 0.2) is 49.3 Å². The monoisotopic (exact) mass is 757 g/mol. The van der Waals surface area contributed by atoms with Crippen LogP contribution in [0.5, 0.6) is 0 Å². The number of nitrogen functional groups attached to an aromatic ring is 1. The minimum atomic E-state index is -2.20. The SMILES string of the molecule is CC(C)[Si](OC[C@H]1O[C@@H](n2c(CCC[C@H]3O[C@@H](n4ccc(=O)[nH]c4=O)[C@@H]4OC(C)(C)O[C@@H]43)nc3c(N)ncnc32)[C@@H]2OC(C)(C)O[C@@H]21)(C(C)C)C(C)C. The highest BCUT2D eigenvalue weighted by Gasteiger charge is 2.58. The molecule has 3 aromatic rings. The van der Waals surface area contributed by atoms with E-state index in [2.05, 4.69) is 56.5 Å². The van der Waals surface area contributed by atoms with Gasteiger partial charge < -0.3 is 38.6 Å². The fourth-order valence-corrected chi connectivity index (χ4v) is 14.8. The second-order valence-electron chi connectivity index (χ2n) is 16.6. The van der Waals surface area contributed by atoms with Crippen LogP contribution in [-0.4, -0.2) is 92.2 Å². The number of ether oxygens (including phenoxy) is 6. The Morgan fingerprint density at radius 2 is 1.45 bits per heavy atom. The van der Waals surface area contributed by atoms with Crippen molar-refractivity contribution < 1.29 is 32.8 Å². The summed E-state index contributed by atoms with van der Waals surface area (Å²) in [5.41, 5.74) is 7.57.